The van der Waals surface area contributed by atoms with Gasteiger partial charge in [-0.25, -0.2) is 9.37 Å². The predicted octanol–water partition coefficient (Wildman–Crippen LogP) is 2.82. The zero-order chi connectivity index (χ0) is 13.1. The van der Waals surface area contributed by atoms with Gasteiger partial charge in [-0.1, -0.05) is 30.0 Å². The zero-order valence-corrected chi connectivity index (χ0v) is 11.0. The first-order valence-electron chi connectivity index (χ1n) is 5.51. The number of hydrogen-bond donors (Lipinski definition) is 1. The van der Waals surface area contributed by atoms with E-state index in [1.807, 2.05) is 0 Å². The molecule has 0 saturated heterocycles. The number of hydrogen-bond acceptors (Lipinski definition) is 3. The van der Waals surface area contributed by atoms with Gasteiger partial charge in [-0.05, 0) is 25.5 Å². The molecule has 0 radical (unpaired) electrons. The van der Waals surface area contributed by atoms with Crippen molar-refractivity contribution in [2.45, 2.75) is 24.8 Å². The SMILES string of the molecule is Cc1nc(SCc2ccccc2F)[nH]c(=O)c1C. The molecule has 0 aliphatic carbocycles. The molecule has 94 valence electrons. The Balaban J connectivity index is 2.17. The highest BCUT2D eigenvalue weighted by atomic mass is 32.2. The Kier molecular flexibility index (Phi) is 3.81. The first kappa shape index (κ1) is 12.8. The lowest BCUT2D eigenvalue weighted by Crippen LogP contribution is -2.14. The third-order valence-corrected chi connectivity index (χ3v) is 3.62. The summed E-state index contributed by atoms with van der Waals surface area (Å²) in [6.45, 7) is 3.52. The number of aromatic amines is 1. The van der Waals surface area contributed by atoms with E-state index in [0.29, 0.717) is 27.7 Å². The highest BCUT2D eigenvalue weighted by Gasteiger charge is 2.06. The van der Waals surface area contributed by atoms with Crippen molar-refractivity contribution in [1.82, 2.24) is 9.97 Å². The van der Waals surface area contributed by atoms with E-state index in [4.69, 9.17) is 0 Å². The lowest BCUT2D eigenvalue weighted by molar-refractivity contribution is 0.617. The molecular weight excluding hydrogens is 251 g/mol. The molecule has 0 aliphatic heterocycles. The van der Waals surface area contributed by atoms with Crippen LogP contribution in [0.15, 0.2) is 34.2 Å². The standard InChI is InChI=1S/C13H13FN2OS/c1-8-9(2)15-13(16-12(8)17)18-7-10-5-3-4-6-11(10)14/h3-6H,7H2,1-2H3,(H,15,16,17). The van der Waals surface area contributed by atoms with Crippen LogP contribution in [0.2, 0.25) is 0 Å². The summed E-state index contributed by atoms with van der Waals surface area (Å²) in [7, 11) is 0. The summed E-state index contributed by atoms with van der Waals surface area (Å²) in [5, 5.41) is 0.520. The molecule has 1 N–H and O–H groups in total. The van der Waals surface area contributed by atoms with Crippen LogP contribution in [-0.4, -0.2) is 9.97 Å². The van der Waals surface area contributed by atoms with Crippen LogP contribution in [0.5, 0.6) is 0 Å². The topological polar surface area (TPSA) is 45.8 Å². The number of rotatable bonds is 3. The maximum Gasteiger partial charge on any atom is 0.254 e. The van der Waals surface area contributed by atoms with Gasteiger partial charge in [0.2, 0.25) is 0 Å². The Hall–Kier alpha value is -1.62. The number of halogens is 1. The highest BCUT2D eigenvalue weighted by molar-refractivity contribution is 7.98. The van der Waals surface area contributed by atoms with Gasteiger partial charge >= 0.3 is 0 Å². The highest BCUT2D eigenvalue weighted by Crippen LogP contribution is 2.20. The van der Waals surface area contributed by atoms with E-state index in [0.717, 1.165) is 0 Å². The number of nitrogens with zero attached hydrogens (tertiary/aromatic N) is 1. The molecule has 5 heteroatoms. The summed E-state index contributed by atoms with van der Waals surface area (Å²) in [6.07, 6.45) is 0. The average molecular weight is 264 g/mol. The molecule has 0 aliphatic rings. The Morgan fingerprint density at radius 1 is 1.33 bits per heavy atom. The predicted molar refractivity (Wildman–Crippen MR) is 70.3 cm³/mol. The van der Waals surface area contributed by atoms with E-state index >= 15 is 0 Å². The van der Waals surface area contributed by atoms with Crippen LogP contribution in [0.1, 0.15) is 16.8 Å². The van der Waals surface area contributed by atoms with Gasteiger partial charge in [-0.3, -0.25) is 4.79 Å². The molecule has 1 aromatic heterocycles. The van der Waals surface area contributed by atoms with Crippen LogP contribution in [0.3, 0.4) is 0 Å². The molecule has 0 fully saturated rings. The van der Waals surface area contributed by atoms with E-state index in [9.17, 15) is 9.18 Å². The summed E-state index contributed by atoms with van der Waals surface area (Å²) < 4.78 is 13.4. The molecule has 2 aromatic rings. The smallest absolute Gasteiger partial charge is 0.254 e. The molecule has 18 heavy (non-hydrogen) atoms. The van der Waals surface area contributed by atoms with E-state index in [-0.39, 0.29) is 11.4 Å². The third kappa shape index (κ3) is 2.79. The fourth-order valence-electron chi connectivity index (χ4n) is 1.45. The molecule has 2 rings (SSSR count). The maximum absolute atomic E-state index is 13.4. The Bertz CT molecular complexity index is 625. The number of nitrogens with one attached hydrogen (secondary N) is 1. The van der Waals surface area contributed by atoms with Crippen molar-refractivity contribution in [1.29, 1.82) is 0 Å². The van der Waals surface area contributed by atoms with E-state index < -0.39 is 0 Å². The molecule has 0 atom stereocenters. The average Bonchev–Trinajstić information content (AvgIpc) is 2.35. The van der Waals surface area contributed by atoms with Crippen molar-refractivity contribution in [3.63, 3.8) is 0 Å². The summed E-state index contributed by atoms with van der Waals surface area (Å²) in [6, 6.07) is 6.59. The van der Waals surface area contributed by atoms with Crippen LogP contribution >= 0.6 is 11.8 Å². The Labute approximate surface area is 108 Å². The normalized spacial score (nSPS) is 10.6. The van der Waals surface area contributed by atoms with Crippen molar-refractivity contribution < 1.29 is 4.39 Å². The largest absolute Gasteiger partial charge is 0.301 e. The molecule has 1 aromatic carbocycles. The van der Waals surface area contributed by atoms with Gasteiger partial charge < -0.3 is 4.98 Å². The quantitative estimate of drug-likeness (QED) is 0.685. The fraction of sp³-hybridized carbons (Fsp3) is 0.231. The van der Waals surface area contributed by atoms with Gasteiger partial charge in [0.1, 0.15) is 5.82 Å². The number of thioether (sulfide) groups is 1. The number of aromatic nitrogens is 2. The summed E-state index contributed by atoms with van der Waals surface area (Å²) in [5.41, 5.74) is 1.78. The molecule has 0 bridgehead atoms. The second-order valence-electron chi connectivity index (χ2n) is 3.96. The van der Waals surface area contributed by atoms with Gasteiger partial charge in [0.05, 0.1) is 0 Å². The summed E-state index contributed by atoms with van der Waals surface area (Å²) in [5.74, 6) is 0.203. The second kappa shape index (κ2) is 5.35. The first-order chi connectivity index (χ1) is 8.58. The van der Waals surface area contributed by atoms with Crippen molar-refractivity contribution in [2.24, 2.45) is 0 Å². The molecule has 0 spiro atoms. The molecule has 0 amide bonds. The lowest BCUT2D eigenvalue weighted by atomic mass is 10.2. The van der Waals surface area contributed by atoms with Gasteiger partial charge in [-0.15, -0.1) is 0 Å². The van der Waals surface area contributed by atoms with E-state index in [2.05, 4.69) is 9.97 Å². The van der Waals surface area contributed by atoms with E-state index in [1.54, 1.807) is 32.0 Å². The van der Waals surface area contributed by atoms with Gasteiger partial charge in [0, 0.05) is 17.0 Å². The third-order valence-electron chi connectivity index (χ3n) is 2.70. The van der Waals surface area contributed by atoms with Gasteiger partial charge in [-0.2, -0.15) is 0 Å². The van der Waals surface area contributed by atoms with Gasteiger partial charge in [0.25, 0.3) is 5.56 Å². The lowest BCUT2D eigenvalue weighted by Gasteiger charge is -2.04. The monoisotopic (exact) mass is 264 g/mol. The molecule has 0 saturated carbocycles. The van der Waals surface area contributed by atoms with Crippen LogP contribution in [-0.2, 0) is 5.75 Å². The summed E-state index contributed by atoms with van der Waals surface area (Å²) >= 11 is 1.32. The molecule has 1 heterocycles. The minimum Gasteiger partial charge on any atom is -0.301 e. The number of aryl methyl sites for hydroxylation is 1. The van der Waals surface area contributed by atoms with Crippen molar-refractivity contribution in [3.8, 4) is 0 Å². The Morgan fingerprint density at radius 3 is 2.72 bits per heavy atom. The van der Waals surface area contributed by atoms with Crippen molar-refractivity contribution >= 4 is 11.8 Å². The molecule has 0 unspecified atom stereocenters. The first-order valence-corrected chi connectivity index (χ1v) is 6.50. The number of benzene rings is 1. The second-order valence-corrected chi connectivity index (χ2v) is 4.93. The molecular formula is C13H13FN2OS. The van der Waals surface area contributed by atoms with Crippen LogP contribution in [0, 0.1) is 19.7 Å². The van der Waals surface area contributed by atoms with Crippen molar-refractivity contribution in [3.05, 3.63) is 57.3 Å². The van der Waals surface area contributed by atoms with E-state index in [1.165, 1.54) is 17.8 Å². The van der Waals surface area contributed by atoms with Gasteiger partial charge in [0.15, 0.2) is 5.16 Å². The minimum atomic E-state index is -0.240. The zero-order valence-electron chi connectivity index (χ0n) is 10.2. The minimum absolute atomic E-state index is 0.140. The fourth-order valence-corrected chi connectivity index (χ4v) is 2.34. The van der Waals surface area contributed by atoms with Crippen LogP contribution < -0.4 is 5.56 Å². The van der Waals surface area contributed by atoms with Crippen LogP contribution in [0.25, 0.3) is 0 Å². The molecule has 3 nitrogen and oxygen atoms in total. The van der Waals surface area contributed by atoms with Crippen LogP contribution in [0.4, 0.5) is 4.39 Å². The maximum atomic E-state index is 13.4. The summed E-state index contributed by atoms with van der Waals surface area (Å²) in [4.78, 5) is 18.5. The van der Waals surface area contributed by atoms with Crippen molar-refractivity contribution in [2.75, 3.05) is 0 Å². The number of H-pyrrole nitrogens is 1. The Morgan fingerprint density at radius 2 is 2.06 bits per heavy atom.